The second kappa shape index (κ2) is 7.40. The van der Waals surface area contributed by atoms with Crippen LogP contribution in [0.4, 0.5) is 0 Å². The Bertz CT molecular complexity index is 784. The molecular weight excluding hydrogens is 328 g/mol. The van der Waals surface area contributed by atoms with Gasteiger partial charge in [0.15, 0.2) is 0 Å². The molecule has 0 saturated carbocycles. The van der Waals surface area contributed by atoms with Gasteiger partial charge >= 0.3 is 0 Å². The van der Waals surface area contributed by atoms with Crippen molar-refractivity contribution in [3.05, 3.63) is 76.3 Å². The topological polar surface area (TPSA) is 42.0 Å². The first-order valence-corrected chi connectivity index (χ1v) is 8.52. The number of benzene rings is 2. The predicted molar refractivity (Wildman–Crippen MR) is 95.0 cm³/mol. The number of amides is 1. The Labute approximate surface area is 144 Å². The van der Waals surface area contributed by atoms with E-state index in [4.69, 9.17) is 11.6 Å². The zero-order valence-corrected chi connectivity index (χ0v) is 13.9. The number of aromatic nitrogens is 1. The largest absolute Gasteiger partial charge is 0.350 e. The number of nitrogens with zero attached hydrogens (tertiary/aromatic N) is 1. The van der Waals surface area contributed by atoms with Gasteiger partial charge in [0.1, 0.15) is 10.7 Å². The van der Waals surface area contributed by atoms with E-state index in [-0.39, 0.29) is 5.91 Å². The van der Waals surface area contributed by atoms with Crippen LogP contribution in [0.15, 0.2) is 60.0 Å². The molecule has 0 radical (unpaired) electrons. The zero-order valence-electron chi connectivity index (χ0n) is 12.3. The van der Waals surface area contributed by atoms with Crippen LogP contribution in [0.5, 0.6) is 0 Å². The summed E-state index contributed by atoms with van der Waals surface area (Å²) in [6, 6.07) is 17.5. The van der Waals surface area contributed by atoms with Crippen molar-refractivity contribution in [2.45, 2.75) is 6.42 Å². The lowest BCUT2D eigenvalue weighted by Gasteiger charge is -2.03. The van der Waals surface area contributed by atoms with Crippen LogP contribution < -0.4 is 5.32 Å². The van der Waals surface area contributed by atoms with Gasteiger partial charge in [-0.05, 0) is 24.1 Å². The minimum atomic E-state index is -0.141. The lowest BCUT2D eigenvalue weighted by atomic mass is 10.1. The summed E-state index contributed by atoms with van der Waals surface area (Å²) in [7, 11) is 0. The maximum Gasteiger partial charge on any atom is 0.270 e. The van der Waals surface area contributed by atoms with Crippen molar-refractivity contribution in [1.82, 2.24) is 10.3 Å². The van der Waals surface area contributed by atoms with Crippen molar-refractivity contribution in [3.8, 4) is 10.6 Å². The molecule has 0 aliphatic rings. The van der Waals surface area contributed by atoms with Crippen LogP contribution in [0.3, 0.4) is 0 Å². The first kappa shape index (κ1) is 15.7. The average Bonchev–Trinajstić information content (AvgIpc) is 3.06. The van der Waals surface area contributed by atoms with Crippen molar-refractivity contribution < 1.29 is 4.79 Å². The number of hydrogen-bond donors (Lipinski definition) is 1. The van der Waals surface area contributed by atoms with E-state index in [1.807, 2.05) is 54.6 Å². The van der Waals surface area contributed by atoms with Crippen molar-refractivity contribution >= 4 is 28.8 Å². The number of hydrogen-bond acceptors (Lipinski definition) is 3. The molecule has 0 bridgehead atoms. The Hall–Kier alpha value is -2.17. The van der Waals surface area contributed by atoms with Crippen LogP contribution in [0.25, 0.3) is 10.6 Å². The Kier molecular flexibility index (Phi) is 5.05. The Morgan fingerprint density at radius 3 is 2.57 bits per heavy atom. The molecule has 1 aromatic heterocycles. The van der Waals surface area contributed by atoms with Gasteiger partial charge in [-0.3, -0.25) is 4.79 Å². The molecule has 2 aromatic carbocycles. The van der Waals surface area contributed by atoms with Gasteiger partial charge in [-0.25, -0.2) is 4.98 Å². The number of thiazole rings is 1. The molecule has 3 rings (SSSR count). The van der Waals surface area contributed by atoms with Gasteiger partial charge in [0.05, 0.1) is 0 Å². The number of carbonyl (C=O) groups excluding carboxylic acids is 1. The van der Waals surface area contributed by atoms with Gasteiger partial charge in [-0.2, -0.15) is 0 Å². The third-order valence-corrected chi connectivity index (χ3v) is 4.51. The van der Waals surface area contributed by atoms with E-state index in [1.165, 1.54) is 16.9 Å². The number of carbonyl (C=O) groups is 1. The molecule has 0 aliphatic carbocycles. The van der Waals surface area contributed by atoms with Gasteiger partial charge in [0.25, 0.3) is 5.91 Å². The summed E-state index contributed by atoms with van der Waals surface area (Å²) in [6.45, 7) is 0.594. The smallest absolute Gasteiger partial charge is 0.270 e. The first-order chi connectivity index (χ1) is 11.2. The first-order valence-electron chi connectivity index (χ1n) is 7.26. The second-order valence-corrected chi connectivity index (χ2v) is 6.33. The molecule has 0 spiro atoms. The van der Waals surface area contributed by atoms with Crippen molar-refractivity contribution in [2.24, 2.45) is 0 Å². The lowest BCUT2D eigenvalue weighted by Crippen LogP contribution is -2.25. The predicted octanol–water partition coefficient (Wildman–Crippen LogP) is 4.44. The Morgan fingerprint density at radius 1 is 1.09 bits per heavy atom. The van der Waals surface area contributed by atoms with E-state index in [9.17, 15) is 4.79 Å². The summed E-state index contributed by atoms with van der Waals surface area (Å²) in [5.41, 5.74) is 2.61. The van der Waals surface area contributed by atoms with Gasteiger partial charge in [-0.15, -0.1) is 11.3 Å². The van der Waals surface area contributed by atoms with Crippen LogP contribution >= 0.6 is 22.9 Å². The van der Waals surface area contributed by atoms with E-state index in [0.717, 1.165) is 17.0 Å². The quantitative estimate of drug-likeness (QED) is 0.745. The lowest BCUT2D eigenvalue weighted by molar-refractivity contribution is 0.0950. The average molecular weight is 343 g/mol. The summed E-state index contributed by atoms with van der Waals surface area (Å²) < 4.78 is 0. The van der Waals surface area contributed by atoms with Gasteiger partial charge in [-0.1, -0.05) is 54.1 Å². The van der Waals surface area contributed by atoms with Gasteiger partial charge in [0, 0.05) is 22.5 Å². The van der Waals surface area contributed by atoms with Crippen molar-refractivity contribution in [1.29, 1.82) is 0 Å². The van der Waals surface area contributed by atoms with Crippen LogP contribution in [-0.4, -0.2) is 17.4 Å². The normalized spacial score (nSPS) is 10.5. The molecule has 0 aliphatic heterocycles. The zero-order chi connectivity index (χ0) is 16.1. The maximum absolute atomic E-state index is 12.1. The standard InChI is InChI=1S/C18H15ClN2OS/c19-15-8-6-14(7-9-15)18-21-16(12-23-18)17(22)20-11-10-13-4-2-1-3-5-13/h1-9,12H,10-11H2,(H,20,22). The minimum Gasteiger partial charge on any atom is -0.350 e. The van der Waals surface area contributed by atoms with Crippen molar-refractivity contribution in [3.63, 3.8) is 0 Å². The number of rotatable bonds is 5. The van der Waals surface area contributed by atoms with E-state index >= 15 is 0 Å². The molecule has 3 aromatic rings. The molecule has 1 N–H and O–H groups in total. The fourth-order valence-corrected chi connectivity index (χ4v) is 3.09. The summed E-state index contributed by atoms with van der Waals surface area (Å²) >= 11 is 7.33. The number of halogens is 1. The Morgan fingerprint density at radius 2 is 1.83 bits per heavy atom. The summed E-state index contributed by atoms with van der Waals surface area (Å²) in [5.74, 6) is -0.141. The molecule has 0 saturated heterocycles. The third-order valence-electron chi connectivity index (χ3n) is 3.37. The molecule has 3 nitrogen and oxygen atoms in total. The molecule has 1 heterocycles. The number of nitrogens with one attached hydrogen (secondary N) is 1. The fraction of sp³-hybridized carbons (Fsp3) is 0.111. The van der Waals surface area contributed by atoms with E-state index < -0.39 is 0 Å². The third kappa shape index (κ3) is 4.18. The Balaban J connectivity index is 1.59. The van der Waals surface area contributed by atoms with Crippen molar-refractivity contribution in [2.75, 3.05) is 6.54 Å². The molecule has 23 heavy (non-hydrogen) atoms. The highest BCUT2D eigenvalue weighted by Crippen LogP contribution is 2.25. The molecule has 1 amide bonds. The molecule has 5 heteroatoms. The minimum absolute atomic E-state index is 0.141. The molecule has 116 valence electrons. The van der Waals surface area contributed by atoms with Gasteiger partial charge < -0.3 is 5.32 Å². The van der Waals surface area contributed by atoms with Gasteiger partial charge in [0.2, 0.25) is 0 Å². The van der Waals surface area contributed by atoms with Crippen LogP contribution in [0.1, 0.15) is 16.1 Å². The van der Waals surface area contributed by atoms with E-state index in [0.29, 0.717) is 17.3 Å². The fourth-order valence-electron chi connectivity index (χ4n) is 2.16. The highest BCUT2D eigenvalue weighted by Gasteiger charge is 2.11. The highest BCUT2D eigenvalue weighted by atomic mass is 35.5. The van der Waals surface area contributed by atoms with Crippen LogP contribution in [-0.2, 0) is 6.42 Å². The summed E-state index contributed by atoms with van der Waals surface area (Å²) in [5, 5.41) is 6.18. The molecular formula is C18H15ClN2OS. The highest BCUT2D eigenvalue weighted by molar-refractivity contribution is 7.13. The monoisotopic (exact) mass is 342 g/mol. The van der Waals surface area contributed by atoms with E-state index in [2.05, 4.69) is 10.3 Å². The van der Waals surface area contributed by atoms with Crippen LogP contribution in [0, 0.1) is 0 Å². The van der Waals surface area contributed by atoms with E-state index in [1.54, 1.807) is 5.38 Å². The second-order valence-electron chi connectivity index (χ2n) is 5.04. The maximum atomic E-state index is 12.1. The summed E-state index contributed by atoms with van der Waals surface area (Å²) in [4.78, 5) is 16.5. The summed E-state index contributed by atoms with van der Waals surface area (Å²) in [6.07, 6.45) is 0.806. The molecule has 0 unspecified atom stereocenters. The molecule has 0 fully saturated rings. The molecule has 0 atom stereocenters. The SMILES string of the molecule is O=C(NCCc1ccccc1)c1csc(-c2ccc(Cl)cc2)n1. The van der Waals surface area contributed by atoms with Crippen LogP contribution in [0.2, 0.25) is 5.02 Å².